The third-order valence-electron chi connectivity index (χ3n) is 5.76. The first-order chi connectivity index (χ1) is 17.1. The largest absolute Gasteiger partial charge is 0.492 e. The number of furan rings is 1. The molecule has 4 N–H and O–H groups in total. The van der Waals surface area contributed by atoms with E-state index in [2.05, 4.69) is 21.1 Å². The molecule has 35 heavy (non-hydrogen) atoms. The van der Waals surface area contributed by atoms with Crippen molar-refractivity contribution in [1.29, 1.82) is 0 Å². The number of hydroxylamine groups is 1. The van der Waals surface area contributed by atoms with E-state index in [1.807, 2.05) is 48.6 Å². The number of hydrogen-bond donors (Lipinski definition) is 4. The molecule has 2 unspecified atom stereocenters. The number of aliphatic imine (C=N–C) groups is 1. The van der Waals surface area contributed by atoms with Crippen molar-refractivity contribution >= 4 is 23.5 Å². The molecule has 0 fully saturated rings. The molecule has 2 aliphatic carbocycles. The second-order valence-corrected chi connectivity index (χ2v) is 8.76. The van der Waals surface area contributed by atoms with E-state index in [0.29, 0.717) is 23.7 Å². The van der Waals surface area contributed by atoms with E-state index >= 15 is 0 Å². The molecule has 2 heterocycles. The van der Waals surface area contributed by atoms with Crippen LogP contribution < -0.4 is 16.1 Å². The number of fused-ring (bicyclic) bond motifs is 1. The number of hydrogen-bond acceptors (Lipinski definition) is 7. The topological polar surface area (TPSA) is 91.0 Å². The zero-order valence-corrected chi connectivity index (χ0v) is 19.4. The number of alkyl halides is 1. The molecule has 2 aromatic rings. The van der Waals surface area contributed by atoms with Crippen LogP contribution in [0, 0.1) is 5.82 Å². The van der Waals surface area contributed by atoms with Gasteiger partial charge in [0, 0.05) is 23.3 Å². The summed E-state index contributed by atoms with van der Waals surface area (Å²) in [5, 5.41) is 15.2. The standard InChI is InChI=1S/C26H24ClFN4O3/c27-22-12-19(5-8-25(22)34-14-16-2-1-3-18(28)10-16)32-26-21-11-17(4-7-23(21)29-15-30-26)24-9-6-20(35-24)13-31-33/h1-11,15,22-23,31-33H,12-14H2,(H,29,30). The Morgan fingerprint density at radius 3 is 3.00 bits per heavy atom. The summed E-state index contributed by atoms with van der Waals surface area (Å²) in [5.74, 6) is 2.49. The Morgan fingerprint density at radius 2 is 2.17 bits per heavy atom. The quantitative estimate of drug-likeness (QED) is 0.315. The van der Waals surface area contributed by atoms with Gasteiger partial charge in [0.25, 0.3) is 0 Å². The van der Waals surface area contributed by atoms with Crippen molar-refractivity contribution in [3.63, 3.8) is 0 Å². The molecule has 0 bridgehead atoms. The number of rotatable bonds is 8. The van der Waals surface area contributed by atoms with Gasteiger partial charge in [0.05, 0.1) is 24.3 Å². The lowest BCUT2D eigenvalue weighted by Gasteiger charge is -2.27. The van der Waals surface area contributed by atoms with Gasteiger partial charge >= 0.3 is 0 Å². The van der Waals surface area contributed by atoms with Gasteiger partial charge in [0.1, 0.15) is 35.5 Å². The van der Waals surface area contributed by atoms with E-state index < -0.39 is 0 Å². The van der Waals surface area contributed by atoms with Crippen LogP contribution in [-0.2, 0) is 17.9 Å². The third kappa shape index (κ3) is 5.40. The number of ether oxygens (including phenoxy) is 1. The Kier molecular flexibility index (Phi) is 6.85. The minimum absolute atomic E-state index is 0.118. The summed E-state index contributed by atoms with van der Waals surface area (Å²) >= 11 is 6.59. The summed E-state index contributed by atoms with van der Waals surface area (Å²) in [5.41, 5.74) is 5.63. The van der Waals surface area contributed by atoms with Crippen molar-refractivity contribution in [2.45, 2.75) is 31.0 Å². The van der Waals surface area contributed by atoms with Crippen LogP contribution in [0.1, 0.15) is 23.5 Å². The number of nitrogens with one attached hydrogen (secondary N) is 3. The fraction of sp³-hybridized carbons (Fsp3) is 0.192. The molecule has 180 valence electrons. The highest BCUT2D eigenvalue weighted by atomic mass is 35.5. The Balaban J connectivity index is 1.31. The Hall–Kier alpha value is -3.59. The number of allylic oxidation sites excluding steroid dienone is 6. The monoisotopic (exact) mass is 494 g/mol. The lowest BCUT2D eigenvalue weighted by molar-refractivity contribution is 0.153. The van der Waals surface area contributed by atoms with Crippen molar-refractivity contribution in [2.75, 3.05) is 0 Å². The predicted molar refractivity (Wildman–Crippen MR) is 132 cm³/mol. The van der Waals surface area contributed by atoms with Crippen molar-refractivity contribution in [3.05, 3.63) is 113 Å². The smallest absolute Gasteiger partial charge is 0.134 e. The molecule has 5 rings (SSSR count). The van der Waals surface area contributed by atoms with Gasteiger partial charge in [-0.05, 0) is 48.1 Å². The van der Waals surface area contributed by atoms with Crippen LogP contribution in [0.15, 0.2) is 99.0 Å². The average molecular weight is 495 g/mol. The highest BCUT2D eigenvalue weighted by Crippen LogP contribution is 2.31. The lowest BCUT2D eigenvalue weighted by atomic mass is 9.95. The summed E-state index contributed by atoms with van der Waals surface area (Å²) in [6.45, 7) is 0.483. The van der Waals surface area contributed by atoms with Crippen LogP contribution in [0.25, 0.3) is 5.57 Å². The molecule has 7 nitrogen and oxygen atoms in total. The second kappa shape index (κ2) is 10.4. The van der Waals surface area contributed by atoms with Crippen LogP contribution in [0.5, 0.6) is 0 Å². The maximum atomic E-state index is 13.4. The van der Waals surface area contributed by atoms with Crippen molar-refractivity contribution in [1.82, 2.24) is 16.1 Å². The summed E-state index contributed by atoms with van der Waals surface area (Å²) < 4.78 is 25.0. The SMILES string of the molecule is ONCc1ccc(C2=CC3=C(NC4=CC=C(OCc5cccc(F)c5)C(Cl)C4)NC=NC3C=C2)o1. The van der Waals surface area contributed by atoms with E-state index in [1.54, 1.807) is 12.4 Å². The first kappa shape index (κ1) is 23.2. The molecule has 0 radical (unpaired) electrons. The zero-order chi connectivity index (χ0) is 24.2. The maximum absolute atomic E-state index is 13.4. The number of benzene rings is 1. The summed E-state index contributed by atoms with van der Waals surface area (Å²) in [4.78, 5) is 4.50. The van der Waals surface area contributed by atoms with Crippen LogP contribution in [0.2, 0.25) is 0 Å². The van der Waals surface area contributed by atoms with E-state index in [9.17, 15) is 4.39 Å². The van der Waals surface area contributed by atoms with Gasteiger partial charge in [0.2, 0.25) is 0 Å². The third-order valence-corrected chi connectivity index (χ3v) is 6.13. The van der Waals surface area contributed by atoms with Crippen LogP contribution in [0.4, 0.5) is 4.39 Å². The van der Waals surface area contributed by atoms with Gasteiger partial charge in [0.15, 0.2) is 0 Å². The van der Waals surface area contributed by atoms with Gasteiger partial charge in [-0.1, -0.05) is 24.3 Å². The Labute approximate surface area is 207 Å². The average Bonchev–Trinajstić information content (AvgIpc) is 3.32. The molecule has 9 heteroatoms. The summed E-state index contributed by atoms with van der Waals surface area (Å²) in [6.07, 6.45) is 12.0. The van der Waals surface area contributed by atoms with Gasteiger partial charge in [-0.2, -0.15) is 5.48 Å². The highest BCUT2D eigenvalue weighted by molar-refractivity contribution is 6.22. The normalized spacial score (nSPS) is 21.1. The lowest BCUT2D eigenvalue weighted by Crippen LogP contribution is -2.34. The van der Waals surface area contributed by atoms with E-state index in [1.165, 1.54) is 12.1 Å². The minimum Gasteiger partial charge on any atom is -0.492 e. The predicted octanol–water partition coefficient (Wildman–Crippen LogP) is 4.65. The molecule has 0 saturated carbocycles. The molecular weight excluding hydrogens is 471 g/mol. The van der Waals surface area contributed by atoms with Crippen molar-refractivity contribution < 1.29 is 18.8 Å². The fourth-order valence-corrected chi connectivity index (χ4v) is 4.32. The fourth-order valence-electron chi connectivity index (χ4n) is 4.02. The minimum atomic E-state index is -0.353. The van der Waals surface area contributed by atoms with Gasteiger partial charge in [-0.15, -0.1) is 11.6 Å². The molecule has 1 aromatic carbocycles. The number of nitrogens with zero attached hydrogens (tertiary/aromatic N) is 1. The van der Waals surface area contributed by atoms with E-state index in [4.69, 9.17) is 26.0 Å². The van der Waals surface area contributed by atoms with E-state index in [-0.39, 0.29) is 30.4 Å². The molecule has 1 aliphatic heterocycles. The van der Waals surface area contributed by atoms with Crippen molar-refractivity contribution in [3.8, 4) is 0 Å². The second-order valence-electron chi connectivity index (χ2n) is 8.23. The van der Waals surface area contributed by atoms with Gasteiger partial charge < -0.3 is 25.0 Å². The van der Waals surface area contributed by atoms with Gasteiger partial charge in [-0.25, -0.2) is 4.39 Å². The molecule has 0 saturated heterocycles. The zero-order valence-electron chi connectivity index (χ0n) is 18.7. The Morgan fingerprint density at radius 1 is 1.26 bits per heavy atom. The first-order valence-electron chi connectivity index (χ1n) is 11.2. The first-order valence-corrected chi connectivity index (χ1v) is 11.6. The molecule has 3 aliphatic rings. The Bertz CT molecular complexity index is 1290. The highest BCUT2D eigenvalue weighted by Gasteiger charge is 2.24. The molecule has 2 atom stereocenters. The molecule has 1 aromatic heterocycles. The van der Waals surface area contributed by atoms with E-state index in [0.717, 1.165) is 28.2 Å². The molecular formula is C26H24ClFN4O3. The maximum Gasteiger partial charge on any atom is 0.134 e. The number of halogens is 2. The molecule has 0 spiro atoms. The molecule has 0 amide bonds. The van der Waals surface area contributed by atoms with Crippen LogP contribution >= 0.6 is 11.6 Å². The summed E-state index contributed by atoms with van der Waals surface area (Å²) in [7, 11) is 0. The van der Waals surface area contributed by atoms with Crippen molar-refractivity contribution in [2.24, 2.45) is 4.99 Å². The van der Waals surface area contributed by atoms with Crippen LogP contribution in [-0.4, -0.2) is 23.0 Å². The van der Waals surface area contributed by atoms with Gasteiger partial charge in [-0.3, -0.25) is 4.99 Å². The van der Waals surface area contributed by atoms with Crippen LogP contribution in [0.3, 0.4) is 0 Å². The summed E-state index contributed by atoms with van der Waals surface area (Å²) in [6, 6.07) is 9.89.